The summed E-state index contributed by atoms with van der Waals surface area (Å²) in [4.78, 5) is 16.5. The zero-order valence-corrected chi connectivity index (χ0v) is 18.8. The Balaban J connectivity index is 1.71. The first-order chi connectivity index (χ1) is 15.5. The van der Waals surface area contributed by atoms with Gasteiger partial charge < -0.3 is 10.4 Å². The number of pyridine rings is 1. The van der Waals surface area contributed by atoms with Gasteiger partial charge in [0.15, 0.2) is 0 Å². The normalized spacial score (nSPS) is 16.7. The van der Waals surface area contributed by atoms with Crippen LogP contribution in [-0.4, -0.2) is 44.2 Å². The lowest BCUT2D eigenvalue weighted by Gasteiger charge is -2.32. The fraction of sp³-hybridized carbons (Fsp3) is 0.409. The van der Waals surface area contributed by atoms with E-state index >= 15 is 0 Å². The molecule has 0 radical (unpaired) electrons. The lowest BCUT2D eigenvalue weighted by Crippen LogP contribution is -2.53. The van der Waals surface area contributed by atoms with Crippen molar-refractivity contribution in [2.75, 3.05) is 11.1 Å². The standard InChI is InChI=1S/C22H22F6N2O3S/c1-13-9-19(34(2,33)12-14-3-4-14)29-11-15(13)10-18(31)30-17-7-5-16(6-8-17)20(32,21(23,24)25)22(26,27)28/h5-9,11,14,32H,2-4,10,12H2,1H3,(H,30,31). The average molecular weight is 508 g/mol. The van der Waals surface area contributed by atoms with Gasteiger partial charge in [0.2, 0.25) is 5.91 Å². The number of alkyl halides is 6. The monoisotopic (exact) mass is 508 g/mol. The molecule has 1 saturated carbocycles. The third-order valence-corrected chi connectivity index (χ3v) is 7.53. The molecule has 2 aromatic rings. The van der Waals surface area contributed by atoms with E-state index in [1.807, 2.05) is 0 Å². The predicted molar refractivity (Wildman–Crippen MR) is 115 cm³/mol. The molecule has 186 valence electrons. The smallest absolute Gasteiger partial charge is 0.369 e. The van der Waals surface area contributed by atoms with Gasteiger partial charge in [-0.05, 0) is 60.9 Å². The summed E-state index contributed by atoms with van der Waals surface area (Å²) in [7, 11) is -2.54. The van der Waals surface area contributed by atoms with Crippen molar-refractivity contribution >= 4 is 27.0 Å². The molecule has 0 bridgehead atoms. The van der Waals surface area contributed by atoms with E-state index in [9.17, 15) is 40.5 Å². The summed E-state index contributed by atoms with van der Waals surface area (Å²) in [5.41, 5.74) is -5.39. The lowest BCUT2D eigenvalue weighted by atomic mass is 9.92. The SMILES string of the molecule is C=S(=O)(CC1CC1)c1cc(C)c(CC(=O)Nc2ccc(C(O)(C(F)(F)F)C(F)(F)F)cc2)cn1. The summed E-state index contributed by atoms with van der Waals surface area (Å²) < 4.78 is 90.6. The van der Waals surface area contributed by atoms with Crippen molar-refractivity contribution in [3.05, 3.63) is 53.2 Å². The molecule has 1 amide bonds. The number of aryl methyl sites for hydroxylation is 1. The van der Waals surface area contributed by atoms with Crippen LogP contribution in [0, 0.1) is 12.8 Å². The topological polar surface area (TPSA) is 79.3 Å². The third kappa shape index (κ3) is 5.38. The molecule has 12 heteroatoms. The van der Waals surface area contributed by atoms with Crippen molar-refractivity contribution in [3.8, 4) is 0 Å². The van der Waals surface area contributed by atoms with Gasteiger partial charge in [-0.2, -0.15) is 26.3 Å². The summed E-state index contributed by atoms with van der Waals surface area (Å²) in [5.74, 6) is 4.03. The van der Waals surface area contributed by atoms with Crippen LogP contribution < -0.4 is 5.32 Å². The van der Waals surface area contributed by atoms with Gasteiger partial charge in [0.1, 0.15) is 5.03 Å². The number of hydrogen-bond acceptors (Lipinski definition) is 4. The van der Waals surface area contributed by atoms with Crippen molar-refractivity contribution < 1.29 is 40.5 Å². The second kappa shape index (κ2) is 8.88. The van der Waals surface area contributed by atoms with Crippen LogP contribution >= 0.6 is 0 Å². The Kier molecular flexibility index (Phi) is 6.79. The van der Waals surface area contributed by atoms with Gasteiger partial charge in [0.25, 0.3) is 5.60 Å². The number of benzene rings is 1. The molecule has 1 aliphatic carbocycles. The Morgan fingerprint density at radius 1 is 1.15 bits per heavy atom. The zero-order chi connectivity index (χ0) is 25.5. The van der Waals surface area contributed by atoms with E-state index in [4.69, 9.17) is 0 Å². The maximum Gasteiger partial charge on any atom is 0.430 e. The molecular formula is C22H22F6N2O3S. The highest BCUT2D eigenvalue weighted by atomic mass is 32.2. The second-order valence-electron chi connectivity index (χ2n) is 8.38. The summed E-state index contributed by atoms with van der Waals surface area (Å²) in [6, 6.07) is 4.16. The molecule has 1 aromatic heterocycles. The maximum absolute atomic E-state index is 13.0. The highest BCUT2D eigenvalue weighted by Crippen LogP contribution is 2.50. The van der Waals surface area contributed by atoms with Gasteiger partial charge in [-0.25, -0.2) is 4.98 Å². The molecule has 0 spiro atoms. The molecule has 0 saturated heterocycles. The number of aliphatic hydroxyl groups is 1. The van der Waals surface area contributed by atoms with Gasteiger partial charge in [-0.15, -0.1) is 0 Å². The van der Waals surface area contributed by atoms with Crippen LogP contribution in [0.1, 0.15) is 29.5 Å². The highest BCUT2D eigenvalue weighted by molar-refractivity contribution is 8.00. The maximum atomic E-state index is 13.0. The van der Waals surface area contributed by atoms with E-state index in [2.05, 4.69) is 16.2 Å². The molecule has 34 heavy (non-hydrogen) atoms. The van der Waals surface area contributed by atoms with Crippen LogP contribution in [0.4, 0.5) is 32.0 Å². The number of anilines is 1. The van der Waals surface area contributed by atoms with Gasteiger partial charge in [-0.1, -0.05) is 12.1 Å². The molecule has 1 heterocycles. The summed E-state index contributed by atoms with van der Waals surface area (Å²) in [6.45, 7) is 1.70. The Hall–Kier alpha value is -2.60. The quantitative estimate of drug-likeness (QED) is 0.430. The first-order valence-corrected chi connectivity index (χ1v) is 12.0. The number of hydrogen-bond donors (Lipinski definition) is 2. The van der Waals surface area contributed by atoms with E-state index in [0.29, 0.717) is 40.0 Å². The average Bonchev–Trinajstić information content (AvgIpc) is 3.51. The molecule has 1 unspecified atom stereocenters. The molecule has 5 nitrogen and oxygen atoms in total. The minimum atomic E-state index is -6.00. The molecule has 3 rings (SSSR count). The number of amides is 1. The molecule has 2 N–H and O–H groups in total. The van der Waals surface area contributed by atoms with Crippen LogP contribution in [0.5, 0.6) is 0 Å². The largest absolute Gasteiger partial charge is 0.430 e. The lowest BCUT2D eigenvalue weighted by molar-refractivity contribution is -0.376. The first kappa shape index (κ1) is 26.0. The minimum absolute atomic E-state index is 0.0621. The number of nitrogens with one attached hydrogen (secondary N) is 1. The second-order valence-corrected chi connectivity index (χ2v) is 10.8. The summed E-state index contributed by atoms with van der Waals surface area (Å²) in [5, 5.41) is 12.1. The number of carbonyl (C=O) groups is 1. The van der Waals surface area contributed by atoms with E-state index < -0.39 is 38.9 Å². The number of carbonyl (C=O) groups excluding carboxylic acids is 1. The van der Waals surface area contributed by atoms with Gasteiger partial charge in [-0.3, -0.25) is 9.00 Å². The van der Waals surface area contributed by atoms with Gasteiger partial charge >= 0.3 is 12.4 Å². The zero-order valence-electron chi connectivity index (χ0n) is 18.0. The molecule has 1 aromatic carbocycles. The van der Waals surface area contributed by atoms with E-state index in [1.54, 1.807) is 13.0 Å². The molecule has 1 aliphatic rings. The first-order valence-electron chi connectivity index (χ1n) is 10.1. The van der Waals surface area contributed by atoms with Crippen LogP contribution in [0.25, 0.3) is 0 Å². The molecular weight excluding hydrogens is 486 g/mol. The molecule has 1 atom stereocenters. The molecule has 1 fully saturated rings. The Morgan fingerprint density at radius 3 is 2.18 bits per heavy atom. The van der Waals surface area contributed by atoms with Crippen molar-refractivity contribution in [3.63, 3.8) is 0 Å². The van der Waals surface area contributed by atoms with E-state index in [1.165, 1.54) is 6.20 Å². The van der Waals surface area contributed by atoms with Crippen LogP contribution in [0.2, 0.25) is 0 Å². The summed E-state index contributed by atoms with van der Waals surface area (Å²) in [6.07, 6.45) is -8.76. The number of rotatable bonds is 7. The van der Waals surface area contributed by atoms with Crippen molar-refractivity contribution in [1.29, 1.82) is 0 Å². The Labute approximate surface area is 192 Å². The number of halogens is 6. The van der Waals surface area contributed by atoms with Gasteiger partial charge in [0.05, 0.1) is 6.42 Å². The number of aromatic nitrogens is 1. The van der Waals surface area contributed by atoms with Crippen LogP contribution in [-0.2, 0) is 26.3 Å². The molecule has 0 aliphatic heterocycles. The summed E-state index contributed by atoms with van der Waals surface area (Å²) >= 11 is 0. The van der Waals surface area contributed by atoms with E-state index in [-0.39, 0.29) is 12.1 Å². The van der Waals surface area contributed by atoms with Crippen molar-refractivity contribution in [1.82, 2.24) is 4.98 Å². The Morgan fingerprint density at radius 2 is 1.71 bits per heavy atom. The predicted octanol–water partition coefficient (Wildman–Crippen LogP) is 4.37. The van der Waals surface area contributed by atoms with E-state index in [0.717, 1.165) is 25.0 Å². The van der Waals surface area contributed by atoms with Gasteiger partial charge in [0, 0.05) is 32.7 Å². The van der Waals surface area contributed by atoms with Crippen LogP contribution in [0.3, 0.4) is 0 Å². The Bertz CT molecular complexity index is 1160. The fourth-order valence-electron chi connectivity index (χ4n) is 3.36. The van der Waals surface area contributed by atoms with Crippen molar-refractivity contribution in [2.45, 2.75) is 49.2 Å². The third-order valence-electron chi connectivity index (χ3n) is 5.54. The number of nitrogens with zero attached hydrogens (tertiary/aromatic N) is 1. The van der Waals surface area contributed by atoms with Crippen molar-refractivity contribution in [2.24, 2.45) is 5.92 Å². The highest BCUT2D eigenvalue weighted by Gasteiger charge is 2.71. The van der Waals surface area contributed by atoms with Crippen LogP contribution in [0.15, 0.2) is 41.6 Å². The fourth-order valence-corrected chi connectivity index (χ4v) is 5.26. The minimum Gasteiger partial charge on any atom is -0.369 e.